The van der Waals surface area contributed by atoms with E-state index < -0.39 is 10.0 Å². The number of sulfonamides is 1. The summed E-state index contributed by atoms with van der Waals surface area (Å²) >= 11 is 1.62. The Morgan fingerprint density at radius 3 is 2.26 bits per heavy atom. The standard InChI is InChI=1S/C17H24N2O2S2/c1-12-8-13(2)17(14(3)9-12)23(20,21)18-10-16(19(4)5)15-6-7-22-11-15/h6-9,11,16,18H,10H2,1-5H3. The summed E-state index contributed by atoms with van der Waals surface area (Å²) < 4.78 is 28.3. The molecule has 0 fully saturated rings. The van der Waals surface area contributed by atoms with Gasteiger partial charge in [-0.2, -0.15) is 11.3 Å². The summed E-state index contributed by atoms with van der Waals surface area (Å²) in [5.74, 6) is 0. The lowest BCUT2D eigenvalue weighted by molar-refractivity contribution is 0.300. The van der Waals surface area contributed by atoms with Gasteiger partial charge in [0.15, 0.2) is 0 Å². The van der Waals surface area contributed by atoms with E-state index in [4.69, 9.17) is 0 Å². The Morgan fingerprint density at radius 2 is 1.78 bits per heavy atom. The average Bonchev–Trinajstić information content (AvgIpc) is 2.90. The molecule has 126 valence electrons. The van der Waals surface area contributed by atoms with Crippen molar-refractivity contribution in [2.75, 3.05) is 20.6 Å². The lowest BCUT2D eigenvalue weighted by Crippen LogP contribution is -2.35. The van der Waals surface area contributed by atoms with Gasteiger partial charge in [-0.1, -0.05) is 17.7 Å². The van der Waals surface area contributed by atoms with Crippen LogP contribution in [0, 0.1) is 20.8 Å². The quantitative estimate of drug-likeness (QED) is 0.868. The number of hydrogen-bond acceptors (Lipinski definition) is 4. The zero-order valence-corrected chi connectivity index (χ0v) is 15.9. The van der Waals surface area contributed by atoms with Gasteiger partial charge in [0.2, 0.25) is 10.0 Å². The Bertz CT molecular complexity index is 743. The van der Waals surface area contributed by atoms with Gasteiger partial charge in [-0.15, -0.1) is 0 Å². The molecular weight excluding hydrogens is 328 g/mol. The monoisotopic (exact) mass is 352 g/mol. The Hall–Kier alpha value is -1.21. The maximum absolute atomic E-state index is 12.8. The van der Waals surface area contributed by atoms with E-state index in [1.54, 1.807) is 11.3 Å². The number of likely N-dealkylation sites (N-methyl/N-ethyl adjacent to an activating group) is 1. The molecule has 1 aromatic heterocycles. The first-order valence-corrected chi connectivity index (χ1v) is 9.91. The maximum Gasteiger partial charge on any atom is 0.241 e. The van der Waals surface area contributed by atoms with E-state index in [9.17, 15) is 8.42 Å². The Morgan fingerprint density at radius 1 is 1.17 bits per heavy atom. The highest BCUT2D eigenvalue weighted by Crippen LogP contribution is 2.24. The van der Waals surface area contributed by atoms with E-state index in [2.05, 4.69) is 10.1 Å². The maximum atomic E-state index is 12.8. The molecule has 1 aromatic carbocycles. The molecule has 4 nitrogen and oxygen atoms in total. The highest BCUT2D eigenvalue weighted by Gasteiger charge is 2.23. The Kier molecular flexibility index (Phi) is 5.62. The fraction of sp³-hybridized carbons (Fsp3) is 0.412. The summed E-state index contributed by atoms with van der Waals surface area (Å²) in [6, 6.07) is 5.86. The topological polar surface area (TPSA) is 49.4 Å². The van der Waals surface area contributed by atoms with Crippen LogP contribution in [0.25, 0.3) is 0 Å². The van der Waals surface area contributed by atoms with Gasteiger partial charge >= 0.3 is 0 Å². The lowest BCUT2D eigenvalue weighted by Gasteiger charge is -2.24. The number of nitrogens with zero attached hydrogens (tertiary/aromatic N) is 1. The molecule has 0 saturated heterocycles. The van der Waals surface area contributed by atoms with Gasteiger partial charge in [0.1, 0.15) is 0 Å². The summed E-state index contributed by atoms with van der Waals surface area (Å²) in [6.07, 6.45) is 0. The summed E-state index contributed by atoms with van der Waals surface area (Å²) in [4.78, 5) is 2.42. The number of benzene rings is 1. The van der Waals surface area contributed by atoms with E-state index in [0.29, 0.717) is 11.4 Å². The van der Waals surface area contributed by atoms with Crippen molar-refractivity contribution < 1.29 is 8.42 Å². The van der Waals surface area contributed by atoms with Crippen molar-refractivity contribution in [3.8, 4) is 0 Å². The highest BCUT2D eigenvalue weighted by molar-refractivity contribution is 7.89. The van der Waals surface area contributed by atoms with E-state index in [0.717, 1.165) is 22.3 Å². The van der Waals surface area contributed by atoms with Crippen molar-refractivity contribution in [1.29, 1.82) is 0 Å². The van der Waals surface area contributed by atoms with Gasteiger partial charge in [-0.25, -0.2) is 13.1 Å². The molecule has 0 aliphatic rings. The van der Waals surface area contributed by atoms with Crippen LogP contribution in [0.1, 0.15) is 28.3 Å². The summed E-state index contributed by atoms with van der Waals surface area (Å²) in [7, 11) is 0.383. The third-order valence-corrected chi connectivity index (χ3v) is 6.32. The molecule has 1 unspecified atom stereocenters. The molecule has 1 heterocycles. The molecule has 0 spiro atoms. The van der Waals surface area contributed by atoms with Crippen LogP contribution in [0.15, 0.2) is 33.9 Å². The van der Waals surface area contributed by atoms with Crippen LogP contribution >= 0.6 is 11.3 Å². The van der Waals surface area contributed by atoms with Crippen LogP contribution in [0.4, 0.5) is 0 Å². The van der Waals surface area contributed by atoms with Crippen molar-refractivity contribution in [3.63, 3.8) is 0 Å². The van der Waals surface area contributed by atoms with Gasteiger partial charge in [0.25, 0.3) is 0 Å². The zero-order chi connectivity index (χ0) is 17.2. The SMILES string of the molecule is Cc1cc(C)c(S(=O)(=O)NCC(c2ccsc2)N(C)C)c(C)c1. The number of thiophene rings is 1. The summed E-state index contributed by atoms with van der Waals surface area (Å²) in [5.41, 5.74) is 3.77. The molecule has 0 aliphatic carbocycles. The molecule has 1 atom stereocenters. The van der Waals surface area contributed by atoms with E-state index in [1.807, 2.05) is 63.3 Å². The van der Waals surface area contributed by atoms with Crippen LogP contribution in [-0.4, -0.2) is 34.0 Å². The third-order valence-electron chi connectivity index (χ3n) is 3.89. The molecular formula is C17H24N2O2S2. The highest BCUT2D eigenvalue weighted by atomic mass is 32.2. The molecule has 2 aromatic rings. The second-order valence-corrected chi connectivity index (χ2v) is 8.60. The lowest BCUT2D eigenvalue weighted by atomic mass is 10.1. The van der Waals surface area contributed by atoms with Gasteiger partial charge in [-0.3, -0.25) is 0 Å². The Balaban J connectivity index is 2.25. The van der Waals surface area contributed by atoms with E-state index >= 15 is 0 Å². The number of rotatable bonds is 6. The first-order chi connectivity index (χ1) is 10.7. The van der Waals surface area contributed by atoms with Crippen molar-refractivity contribution in [2.45, 2.75) is 31.7 Å². The molecule has 0 radical (unpaired) electrons. The molecule has 0 amide bonds. The summed E-state index contributed by atoms with van der Waals surface area (Å²) in [6.45, 7) is 6.01. The number of nitrogens with one attached hydrogen (secondary N) is 1. The first-order valence-electron chi connectivity index (χ1n) is 7.48. The van der Waals surface area contributed by atoms with Gasteiger partial charge in [0, 0.05) is 12.6 Å². The minimum Gasteiger partial charge on any atom is -0.301 e. The van der Waals surface area contributed by atoms with E-state index in [-0.39, 0.29) is 6.04 Å². The molecule has 23 heavy (non-hydrogen) atoms. The van der Waals surface area contributed by atoms with Crippen LogP contribution in [0.3, 0.4) is 0 Å². The van der Waals surface area contributed by atoms with E-state index in [1.165, 1.54) is 0 Å². The number of aryl methyl sites for hydroxylation is 3. The van der Waals surface area contributed by atoms with Crippen LogP contribution < -0.4 is 4.72 Å². The van der Waals surface area contributed by atoms with Crippen LogP contribution in [0.2, 0.25) is 0 Å². The molecule has 2 rings (SSSR count). The molecule has 6 heteroatoms. The predicted molar refractivity (Wildman–Crippen MR) is 96.6 cm³/mol. The fourth-order valence-corrected chi connectivity index (χ4v) is 5.11. The molecule has 0 bridgehead atoms. The fourth-order valence-electron chi connectivity index (χ4n) is 2.91. The normalized spacial score (nSPS) is 13.5. The molecule has 1 N–H and O–H groups in total. The van der Waals surface area contributed by atoms with Crippen molar-refractivity contribution in [2.24, 2.45) is 0 Å². The molecule has 0 saturated carbocycles. The van der Waals surface area contributed by atoms with Crippen molar-refractivity contribution >= 4 is 21.4 Å². The second-order valence-electron chi connectivity index (χ2n) is 6.12. The second kappa shape index (κ2) is 7.13. The smallest absolute Gasteiger partial charge is 0.241 e. The van der Waals surface area contributed by atoms with Gasteiger partial charge in [-0.05, 0) is 68.4 Å². The first kappa shape index (κ1) is 18.1. The van der Waals surface area contributed by atoms with Gasteiger partial charge in [0.05, 0.1) is 4.90 Å². The largest absolute Gasteiger partial charge is 0.301 e. The predicted octanol–water partition coefficient (Wildman–Crippen LogP) is 3.25. The van der Waals surface area contributed by atoms with Gasteiger partial charge < -0.3 is 4.90 Å². The van der Waals surface area contributed by atoms with Crippen LogP contribution in [-0.2, 0) is 10.0 Å². The number of hydrogen-bond donors (Lipinski definition) is 1. The van der Waals surface area contributed by atoms with Crippen molar-refractivity contribution in [3.05, 3.63) is 51.2 Å². The average molecular weight is 353 g/mol. The zero-order valence-electron chi connectivity index (χ0n) is 14.3. The summed E-state index contributed by atoms with van der Waals surface area (Å²) in [5, 5.41) is 4.07. The third kappa shape index (κ3) is 4.20. The molecule has 0 aliphatic heterocycles. The van der Waals surface area contributed by atoms with Crippen LogP contribution in [0.5, 0.6) is 0 Å². The Labute approximate surface area is 143 Å². The van der Waals surface area contributed by atoms with Crippen molar-refractivity contribution in [1.82, 2.24) is 9.62 Å². The minimum absolute atomic E-state index is 0.0158. The minimum atomic E-state index is -3.53.